The van der Waals surface area contributed by atoms with E-state index in [1.807, 2.05) is 31.6 Å². The molecule has 6 nitrogen and oxygen atoms in total. The number of halogens is 1. The molecule has 2 rings (SSSR count). The Balaban J connectivity index is 1.89. The first kappa shape index (κ1) is 21.0. The van der Waals surface area contributed by atoms with Gasteiger partial charge in [0, 0.05) is 6.04 Å². The van der Waals surface area contributed by atoms with Crippen LogP contribution in [0.4, 0.5) is 4.39 Å². The van der Waals surface area contributed by atoms with Crippen molar-refractivity contribution in [2.75, 3.05) is 0 Å². The van der Waals surface area contributed by atoms with Gasteiger partial charge in [-0.15, -0.1) is 0 Å². The lowest BCUT2D eigenvalue weighted by Crippen LogP contribution is -2.54. The fraction of sp³-hybridized carbons (Fsp3) is 0.789. The zero-order valence-corrected chi connectivity index (χ0v) is 16.1. The molecule has 0 aromatic heterocycles. The van der Waals surface area contributed by atoms with Gasteiger partial charge in [0.15, 0.2) is 0 Å². The maximum Gasteiger partial charge on any atom is 0.265 e. The second-order valence-electron chi connectivity index (χ2n) is 7.97. The van der Waals surface area contributed by atoms with Crippen LogP contribution in [0.3, 0.4) is 0 Å². The van der Waals surface area contributed by atoms with Gasteiger partial charge in [-0.3, -0.25) is 20.5 Å². The van der Waals surface area contributed by atoms with E-state index in [4.69, 9.17) is 16.6 Å². The van der Waals surface area contributed by atoms with Crippen LogP contribution in [0.5, 0.6) is 0 Å². The number of amides is 1. The molecule has 0 saturated heterocycles. The Morgan fingerprint density at radius 3 is 2.73 bits per heavy atom. The van der Waals surface area contributed by atoms with Crippen LogP contribution < -0.4 is 22.3 Å². The number of aliphatic imine (C=N–C) groups is 1. The van der Waals surface area contributed by atoms with Crippen LogP contribution in [-0.2, 0) is 4.79 Å². The summed E-state index contributed by atoms with van der Waals surface area (Å²) in [4.78, 5) is 16.1. The normalized spacial score (nSPS) is 35.4. The molecule has 0 radical (unpaired) electrons. The summed E-state index contributed by atoms with van der Waals surface area (Å²) in [7, 11) is 0. The van der Waals surface area contributed by atoms with Crippen LogP contribution in [0.15, 0.2) is 17.1 Å². The number of carbonyl (C=O) groups excluding carboxylic acids is 1. The molecule has 8 atom stereocenters. The third kappa shape index (κ3) is 5.34. The quantitative estimate of drug-likeness (QED) is 0.181. The maximum absolute atomic E-state index is 13.8. The Morgan fingerprint density at radius 1 is 1.35 bits per heavy atom. The van der Waals surface area contributed by atoms with Crippen molar-refractivity contribution in [2.45, 2.75) is 70.9 Å². The summed E-state index contributed by atoms with van der Waals surface area (Å²) in [5.41, 5.74) is 7.75. The van der Waals surface area contributed by atoms with Crippen LogP contribution in [0.1, 0.15) is 46.5 Å². The summed E-state index contributed by atoms with van der Waals surface area (Å²) in [6.07, 6.45) is 8.23. The molecule has 1 aliphatic carbocycles. The largest absolute Gasteiger partial charge is 0.308 e. The number of carbonyl (C=O) groups is 1. The number of nitrogens with one attached hydrogen (secondary N) is 2. The van der Waals surface area contributed by atoms with Crippen molar-refractivity contribution in [1.82, 2.24) is 10.7 Å². The third-order valence-corrected chi connectivity index (χ3v) is 5.93. The zero-order chi connectivity index (χ0) is 19.3. The van der Waals surface area contributed by atoms with Gasteiger partial charge in [-0.1, -0.05) is 26.0 Å². The Morgan fingerprint density at radius 2 is 2.08 bits per heavy atom. The molecule has 1 fully saturated rings. The van der Waals surface area contributed by atoms with E-state index in [9.17, 15) is 9.18 Å². The first-order chi connectivity index (χ1) is 12.3. The van der Waals surface area contributed by atoms with Gasteiger partial charge >= 0.3 is 0 Å². The summed E-state index contributed by atoms with van der Waals surface area (Å²) in [6, 6.07) is 0.241. The molecule has 0 aromatic rings. The van der Waals surface area contributed by atoms with Gasteiger partial charge < -0.3 is 5.73 Å². The van der Waals surface area contributed by atoms with Crippen LogP contribution in [0.25, 0.3) is 0 Å². The average molecular weight is 368 g/mol. The van der Waals surface area contributed by atoms with Gasteiger partial charge in [0.25, 0.3) is 5.91 Å². The number of hydrazine groups is 1. The SMILES string of the molecule is CC(C=CC(C)C1CC=NC1C1CCC(F)C(C)C1)NC(N)C(=O)NN. The summed E-state index contributed by atoms with van der Waals surface area (Å²) < 4.78 is 13.8. The minimum Gasteiger partial charge on any atom is -0.308 e. The van der Waals surface area contributed by atoms with E-state index in [2.05, 4.69) is 18.3 Å². The highest BCUT2D eigenvalue weighted by atomic mass is 19.1. The van der Waals surface area contributed by atoms with Crippen molar-refractivity contribution in [1.29, 1.82) is 0 Å². The van der Waals surface area contributed by atoms with Crippen LogP contribution in [0, 0.1) is 23.7 Å². The van der Waals surface area contributed by atoms with Gasteiger partial charge in [0.2, 0.25) is 0 Å². The first-order valence-corrected chi connectivity index (χ1v) is 9.69. The van der Waals surface area contributed by atoms with Crippen molar-refractivity contribution in [3.8, 4) is 0 Å². The summed E-state index contributed by atoms with van der Waals surface area (Å²) in [5, 5.41) is 2.99. The third-order valence-electron chi connectivity index (χ3n) is 5.93. The standard InChI is InChI=1S/C19H34FN5O/c1-11(4-5-13(3)24-18(21)19(26)25-22)15-8-9-23-17(15)14-6-7-16(20)12(2)10-14/h4-5,9,11-18,24H,6-8,10,21-22H2,1-3H3,(H,25,26). The molecule has 1 saturated carbocycles. The topological polar surface area (TPSA) is 106 Å². The molecular formula is C19H34FN5O. The smallest absolute Gasteiger partial charge is 0.265 e. The molecule has 8 unspecified atom stereocenters. The molecule has 0 aromatic carbocycles. The van der Waals surface area contributed by atoms with Crippen molar-refractivity contribution >= 4 is 12.1 Å². The van der Waals surface area contributed by atoms with E-state index in [0.717, 1.165) is 19.3 Å². The molecule has 2 aliphatic rings. The Hall–Kier alpha value is -1.31. The van der Waals surface area contributed by atoms with Crippen molar-refractivity contribution in [2.24, 2.45) is 40.2 Å². The minimum atomic E-state index is -0.838. The van der Waals surface area contributed by atoms with Gasteiger partial charge in [-0.2, -0.15) is 0 Å². The zero-order valence-electron chi connectivity index (χ0n) is 16.1. The maximum atomic E-state index is 13.8. The van der Waals surface area contributed by atoms with E-state index >= 15 is 0 Å². The Kier molecular flexibility index (Phi) is 7.73. The molecule has 1 heterocycles. The fourth-order valence-corrected chi connectivity index (χ4v) is 4.25. The number of nitrogens with two attached hydrogens (primary N) is 2. The first-order valence-electron chi connectivity index (χ1n) is 9.69. The van der Waals surface area contributed by atoms with E-state index in [1.165, 1.54) is 0 Å². The van der Waals surface area contributed by atoms with E-state index in [0.29, 0.717) is 24.2 Å². The molecule has 6 N–H and O–H groups in total. The number of allylic oxidation sites excluding steroid dienone is 1. The second kappa shape index (κ2) is 9.58. The number of hydrogen-bond acceptors (Lipinski definition) is 5. The van der Waals surface area contributed by atoms with Gasteiger partial charge in [-0.25, -0.2) is 10.2 Å². The number of alkyl halides is 1. The lowest BCUT2D eigenvalue weighted by atomic mass is 9.72. The van der Waals surface area contributed by atoms with E-state index in [1.54, 1.807) is 0 Å². The van der Waals surface area contributed by atoms with Crippen LogP contribution in [0.2, 0.25) is 0 Å². The second-order valence-corrected chi connectivity index (χ2v) is 7.97. The molecule has 26 heavy (non-hydrogen) atoms. The van der Waals surface area contributed by atoms with Gasteiger partial charge in [0.05, 0.1) is 6.04 Å². The van der Waals surface area contributed by atoms with Crippen molar-refractivity contribution in [3.63, 3.8) is 0 Å². The summed E-state index contributed by atoms with van der Waals surface area (Å²) in [6.45, 7) is 6.16. The molecule has 148 valence electrons. The highest BCUT2D eigenvalue weighted by Crippen LogP contribution is 2.40. The number of hydrogen-bond donors (Lipinski definition) is 4. The molecule has 0 spiro atoms. The predicted molar refractivity (Wildman–Crippen MR) is 103 cm³/mol. The van der Waals surface area contributed by atoms with Gasteiger partial charge in [-0.05, 0) is 62.5 Å². The van der Waals surface area contributed by atoms with Crippen LogP contribution >= 0.6 is 0 Å². The molecule has 0 bridgehead atoms. The number of nitrogens with zero attached hydrogens (tertiary/aromatic N) is 1. The van der Waals surface area contributed by atoms with E-state index < -0.39 is 18.2 Å². The molecule has 1 amide bonds. The fourth-order valence-electron chi connectivity index (χ4n) is 4.25. The summed E-state index contributed by atoms with van der Waals surface area (Å²) in [5.74, 6) is 6.06. The lowest BCUT2D eigenvalue weighted by molar-refractivity contribution is -0.123. The Labute approximate surface area is 156 Å². The molecule has 1 aliphatic heterocycles. The minimum absolute atomic E-state index is 0.0486. The van der Waals surface area contributed by atoms with Crippen molar-refractivity contribution < 1.29 is 9.18 Å². The predicted octanol–water partition coefficient (Wildman–Crippen LogP) is 1.67. The molecular weight excluding hydrogens is 333 g/mol. The lowest BCUT2D eigenvalue weighted by Gasteiger charge is -2.36. The number of rotatable bonds is 7. The molecule has 7 heteroatoms. The monoisotopic (exact) mass is 367 g/mol. The summed E-state index contributed by atoms with van der Waals surface area (Å²) >= 11 is 0. The van der Waals surface area contributed by atoms with Crippen LogP contribution in [-0.4, -0.2) is 36.5 Å². The highest BCUT2D eigenvalue weighted by Gasteiger charge is 2.38. The Bertz CT molecular complexity index is 526. The van der Waals surface area contributed by atoms with E-state index in [-0.39, 0.29) is 18.0 Å². The average Bonchev–Trinajstić information content (AvgIpc) is 3.11. The van der Waals surface area contributed by atoms with Crippen molar-refractivity contribution in [3.05, 3.63) is 12.2 Å². The highest BCUT2D eigenvalue weighted by molar-refractivity contribution is 5.80. The van der Waals surface area contributed by atoms with Gasteiger partial charge in [0.1, 0.15) is 12.3 Å².